The first-order valence-electron chi connectivity index (χ1n) is 5.66. The van der Waals surface area contributed by atoms with Crippen LogP contribution in [0.4, 0.5) is 8.78 Å². The van der Waals surface area contributed by atoms with E-state index >= 15 is 0 Å². The average molecular weight is 267 g/mol. The summed E-state index contributed by atoms with van der Waals surface area (Å²) in [6.07, 6.45) is 3.16. The number of rotatable bonds is 7. The van der Waals surface area contributed by atoms with Crippen molar-refractivity contribution in [3.8, 4) is 5.75 Å². The Kier molecular flexibility index (Phi) is 5.73. The standard InChI is InChI=1S/C14H15F2NO2/c1-3-7-17(8-4-2)14(18)10-19-11-5-6-12(15)13(16)9-11/h3-6,9H,1-2,7-8,10H2. The fourth-order valence-electron chi connectivity index (χ4n) is 1.39. The van der Waals surface area contributed by atoms with E-state index in [1.54, 1.807) is 12.2 Å². The van der Waals surface area contributed by atoms with Crippen molar-refractivity contribution in [1.82, 2.24) is 4.90 Å². The zero-order valence-electron chi connectivity index (χ0n) is 10.4. The molecular weight excluding hydrogens is 252 g/mol. The number of carbonyl (C=O) groups excluding carboxylic acids is 1. The second kappa shape index (κ2) is 7.31. The van der Waals surface area contributed by atoms with Gasteiger partial charge in [0.25, 0.3) is 5.91 Å². The first-order valence-corrected chi connectivity index (χ1v) is 5.66. The zero-order chi connectivity index (χ0) is 14.3. The molecule has 0 spiro atoms. The lowest BCUT2D eigenvalue weighted by atomic mass is 10.3. The minimum atomic E-state index is -1.01. The Bertz CT molecular complexity index is 465. The molecule has 5 heteroatoms. The van der Waals surface area contributed by atoms with E-state index in [9.17, 15) is 13.6 Å². The Morgan fingerprint density at radius 1 is 1.21 bits per heavy atom. The molecule has 0 aliphatic rings. The van der Waals surface area contributed by atoms with Gasteiger partial charge >= 0.3 is 0 Å². The van der Waals surface area contributed by atoms with Crippen molar-refractivity contribution in [2.45, 2.75) is 0 Å². The molecule has 0 fully saturated rings. The van der Waals surface area contributed by atoms with E-state index in [2.05, 4.69) is 13.2 Å². The molecule has 0 N–H and O–H groups in total. The van der Waals surface area contributed by atoms with Crippen LogP contribution in [0.2, 0.25) is 0 Å². The third kappa shape index (κ3) is 4.54. The van der Waals surface area contributed by atoms with Gasteiger partial charge in [0.2, 0.25) is 0 Å². The summed E-state index contributed by atoms with van der Waals surface area (Å²) in [5.74, 6) is -2.16. The number of ether oxygens (including phenoxy) is 1. The van der Waals surface area contributed by atoms with Gasteiger partial charge in [-0.3, -0.25) is 4.79 Å². The van der Waals surface area contributed by atoms with Crippen LogP contribution in [-0.4, -0.2) is 30.5 Å². The molecule has 0 aromatic heterocycles. The molecule has 0 unspecified atom stereocenters. The van der Waals surface area contributed by atoms with Crippen molar-refractivity contribution in [3.05, 3.63) is 55.1 Å². The molecule has 0 radical (unpaired) electrons. The predicted octanol–water partition coefficient (Wildman–Crippen LogP) is 2.54. The van der Waals surface area contributed by atoms with Crippen LogP contribution in [0.1, 0.15) is 0 Å². The molecule has 1 amide bonds. The van der Waals surface area contributed by atoms with Crippen LogP contribution in [0.25, 0.3) is 0 Å². The highest BCUT2D eigenvalue weighted by Gasteiger charge is 2.12. The normalized spacial score (nSPS) is 9.79. The summed E-state index contributed by atoms with van der Waals surface area (Å²) in [5, 5.41) is 0. The van der Waals surface area contributed by atoms with Crippen LogP contribution < -0.4 is 4.74 Å². The molecule has 0 atom stereocenters. The summed E-state index contributed by atoms with van der Waals surface area (Å²) in [6, 6.07) is 3.10. The second-order valence-corrected chi connectivity index (χ2v) is 3.74. The molecule has 0 saturated carbocycles. The Balaban J connectivity index is 2.58. The number of carbonyl (C=O) groups is 1. The van der Waals surface area contributed by atoms with Crippen molar-refractivity contribution >= 4 is 5.91 Å². The maximum absolute atomic E-state index is 12.9. The minimum absolute atomic E-state index is 0.101. The predicted molar refractivity (Wildman–Crippen MR) is 68.8 cm³/mol. The fraction of sp³-hybridized carbons (Fsp3) is 0.214. The lowest BCUT2D eigenvalue weighted by Gasteiger charge is -2.19. The summed E-state index contributed by atoms with van der Waals surface area (Å²) < 4.78 is 30.7. The summed E-state index contributed by atoms with van der Waals surface area (Å²) >= 11 is 0. The minimum Gasteiger partial charge on any atom is -0.484 e. The second-order valence-electron chi connectivity index (χ2n) is 3.74. The van der Waals surface area contributed by atoms with Crippen LogP contribution in [0.5, 0.6) is 5.75 Å². The first kappa shape index (κ1) is 14.9. The molecule has 1 aromatic rings. The number of hydrogen-bond acceptors (Lipinski definition) is 2. The number of benzene rings is 1. The summed E-state index contributed by atoms with van der Waals surface area (Å²) in [5.41, 5.74) is 0. The van der Waals surface area contributed by atoms with Gasteiger partial charge in [-0.1, -0.05) is 12.2 Å². The molecule has 0 saturated heterocycles. The third-order valence-corrected chi connectivity index (χ3v) is 2.31. The Labute approximate surface area is 110 Å². The van der Waals surface area contributed by atoms with Gasteiger partial charge in [0.1, 0.15) is 5.75 Å². The molecule has 3 nitrogen and oxygen atoms in total. The number of hydrogen-bond donors (Lipinski definition) is 0. The topological polar surface area (TPSA) is 29.5 Å². The Morgan fingerprint density at radius 2 is 1.84 bits per heavy atom. The first-order chi connectivity index (χ1) is 9.08. The molecule has 0 aliphatic carbocycles. The maximum atomic E-state index is 12.9. The lowest BCUT2D eigenvalue weighted by molar-refractivity contribution is -0.132. The van der Waals surface area contributed by atoms with Crippen molar-refractivity contribution in [2.24, 2.45) is 0 Å². The van der Waals surface area contributed by atoms with Crippen LogP contribution in [0.15, 0.2) is 43.5 Å². The highest BCUT2D eigenvalue weighted by molar-refractivity contribution is 5.78. The van der Waals surface area contributed by atoms with Crippen molar-refractivity contribution in [3.63, 3.8) is 0 Å². The van der Waals surface area contributed by atoms with E-state index in [4.69, 9.17) is 4.74 Å². The van der Waals surface area contributed by atoms with E-state index < -0.39 is 11.6 Å². The van der Waals surface area contributed by atoms with E-state index in [1.807, 2.05) is 0 Å². The van der Waals surface area contributed by atoms with Gasteiger partial charge < -0.3 is 9.64 Å². The largest absolute Gasteiger partial charge is 0.484 e. The van der Waals surface area contributed by atoms with Gasteiger partial charge in [-0.25, -0.2) is 8.78 Å². The van der Waals surface area contributed by atoms with Gasteiger partial charge in [0, 0.05) is 19.2 Å². The average Bonchev–Trinajstić information content (AvgIpc) is 2.39. The fourth-order valence-corrected chi connectivity index (χ4v) is 1.39. The molecule has 0 aliphatic heterocycles. The summed E-state index contributed by atoms with van der Waals surface area (Å²) in [6.45, 7) is 7.57. The van der Waals surface area contributed by atoms with Gasteiger partial charge in [0.15, 0.2) is 18.2 Å². The van der Waals surface area contributed by atoms with E-state index in [0.717, 1.165) is 12.1 Å². The quantitative estimate of drug-likeness (QED) is 0.710. The van der Waals surface area contributed by atoms with E-state index in [-0.39, 0.29) is 18.3 Å². The maximum Gasteiger partial charge on any atom is 0.261 e. The smallest absolute Gasteiger partial charge is 0.261 e. The molecule has 19 heavy (non-hydrogen) atoms. The third-order valence-electron chi connectivity index (χ3n) is 2.31. The molecular formula is C14H15F2NO2. The highest BCUT2D eigenvalue weighted by atomic mass is 19.2. The Hall–Kier alpha value is -2.17. The molecule has 1 rings (SSSR count). The van der Waals surface area contributed by atoms with Crippen LogP contribution in [0.3, 0.4) is 0 Å². The van der Waals surface area contributed by atoms with E-state index in [0.29, 0.717) is 13.1 Å². The van der Waals surface area contributed by atoms with E-state index in [1.165, 1.54) is 11.0 Å². The summed E-state index contributed by atoms with van der Waals surface area (Å²) in [4.78, 5) is 13.3. The lowest BCUT2D eigenvalue weighted by Crippen LogP contribution is -2.35. The molecule has 0 bridgehead atoms. The number of halogens is 2. The van der Waals surface area contributed by atoms with Crippen LogP contribution >= 0.6 is 0 Å². The van der Waals surface area contributed by atoms with Crippen LogP contribution in [0, 0.1) is 11.6 Å². The summed E-state index contributed by atoms with van der Waals surface area (Å²) in [7, 11) is 0. The molecule has 0 heterocycles. The number of nitrogens with zero attached hydrogens (tertiary/aromatic N) is 1. The Morgan fingerprint density at radius 3 is 2.37 bits per heavy atom. The van der Waals surface area contributed by atoms with Gasteiger partial charge in [0.05, 0.1) is 0 Å². The molecule has 1 aromatic carbocycles. The van der Waals surface area contributed by atoms with Gasteiger partial charge in [-0.15, -0.1) is 13.2 Å². The SMILES string of the molecule is C=CCN(CC=C)C(=O)COc1ccc(F)c(F)c1. The van der Waals surface area contributed by atoms with Crippen LogP contribution in [-0.2, 0) is 4.79 Å². The van der Waals surface area contributed by atoms with Crippen molar-refractivity contribution in [1.29, 1.82) is 0 Å². The van der Waals surface area contributed by atoms with Crippen molar-refractivity contribution < 1.29 is 18.3 Å². The molecule has 102 valence electrons. The van der Waals surface area contributed by atoms with Gasteiger partial charge in [-0.2, -0.15) is 0 Å². The highest BCUT2D eigenvalue weighted by Crippen LogP contribution is 2.15. The van der Waals surface area contributed by atoms with Crippen molar-refractivity contribution in [2.75, 3.05) is 19.7 Å². The monoisotopic (exact) mass is 267 g/mol. The van der Waals surface area contributed by atoms with Gasteiger partial charge in [-0.05, 0) is 12.1 Å². The number of amides is 1. The zero-order valence-corrected chi connectivity index (χ0v) is 10.4.